The fourth-order valence-corrected chi connectivity index (χ4v) is 0.0722. The standard InChI is InChI=1S/C5H5/c1-3-5-4-2/h3H,1-2H2. The molecule has 0 aromatic rings. The maximum atomic E-state index is 3.34. The number of hydrogen-bond donors (Lipinski definition) is 0. The highest BCUT2D eigenvalue weighted by Gasteiger charge is 1.36. The van der Waals surface area contributed by atoms with Crippen LogP contribution in [-0.2, 0) is 0 Å². The summed E-state index contributed by atoms with van der Waals surface area (Å²) in [6.07, 6.45) is 1.51. The Balaban J connectivity index is 3.16. The van der Waals surface area contributed by atoms with Crippen molar-refractivity contribution in [3.63, 3.8) is 0 Å². The van der Waals surface area contributed by atoms with Crippen molar-refractivity contribution in [2.24, 2.45) is 0 Å². The summed E-state index contributed by atoms with van der Waals surface area (Å²) in [5, 5.41) is 0. The molecule has 0 heteroatoms. The van der Waals surface area contributed by atoms with E-state index < -0.39 is 0 Å². The third-order valence-electron chi connectivity index (χ3n) is 0.204. The van der Waals surface area contributed by atoms with Crippen LogP contribution in [0.15, 0.2) is 12.7 Å². The molecule has 0 rings (SSSR count). The van der Waals surface area contributed by atoms with Gasteiger partial charge in [0.1, 0.15) is 0 Å². The molecule has 0 nitrogen and oxygen atoms in total. The monoisotopic (exact) mass is 65.0 g/mol. The molecule has 25 valence electrons. The molecule has 0 atom stereocenters. The maximum absolute atomic E-state index is 3.34. The molecule has 0 amide bonds. The Morgan fingerprint density at radius 3 is 2.20 bits per heavy atom. The summed E-state index contributed by atoms with van der Waals surface area (Å²) in [7, 11) is 0. The normalized spacial score (nSPS) is 4.20. The molecule has 0 bridgehead atoms. The first kappa shape index (κ1) is 4.30. The third kappa shape index (κ3) is 3.30. The van der Waals surface area contributed by atoms with E-state index in [1.165, 1.54) is 6.08 Å². The summed E-state index contributed by atoms with van der Waals surface area (Å²) in [5.74, 6) is 4.91. The molecule has 0 unspecified atom stereocenters. The van der Waals surface area contributed by atoms with Gasteiger partial charge in [0.25, 0.3) is 0 Å². The minimum Gasteiger partial charge on any atom is -0.0975 e. The van der Waals surface area contributed by atoms with Crippen LogP contribution in [0.5, 0.6) is 0 Å². The van der Waals surface area contributed by atoms with E-state index in [0.29, 0.717) is 0 Å². The molecule has 0 heterocycles. The smallest absolute Gasteiger partial charge is 0.0202 e. The second-order valence-electron chi connectivity index (χ2n) is 0.525. The summed E-state index contributed by atoms with van der Waals surface area (Å²) in [5.41, 5.74) is 0. The molecule has 0 aromatic heterocycles. The Morgan fingerprint density at radius 1 is 1.60 bits per heavy atom. The van der Waals surface area contributed by atoms with Crippen LogP contribution in [0.3, 0.4) is 0 Å². The first-order chi connectivity index (χ1) is 2.41. The van der Waals surface area contributed by atoms with Crippen LogP contribution in [0.4, 0.5) is 0 Å². The van der Waals surface area contributed by atoms with E-state index in [0.717, 1.165) is 0 Å². The molecule has 0 N–H and O–H groups in total. The van der Waals surface area contributed by atoms with Gasteiger partial charge in [0.15, 0.2) is 0 Å². The first-order valence-corrected chi connectivity index (χ1v) is 1.30. The Morgan fingerprint density at radius 2 is 2.20 bits per heavy atom. The van der Waals surface area contributed by atoms with Crippen LogP contribution in [0.25, 0.3) is 0 Å². The first-order valence-electron chi connectivity index (χ1n) is 1.30. The zero-order chi connectivity index (χ0) is 4.12. The van der Waals surface area contributed by atoms with Gasteiger partial charge in [-0.1, -0.05) is 18.4 Å². The molecule has 0 spiro atoms. The van der Waals surface area contributed by atoms with Crippen molar-refractivity contribution >= 4 is 0 Å². The van der Waals surface area contributed by atoms with E-state index in [-0.39, 0.29) is 0 Å². The van der Waals surface area contributed by atoms with E-state index in [4.69, 9.17) is 0 Å². The summed E-state index contributed by atoms with van der Waals surface area (Å²) in [6.45, 7) is 6.58. The average Bonchev–Trinajstić information content (AvgIpc) is 1.41. The Kier molecular flexibility index (Phi) is 2.84. The largest absolute Gasteiger partial charge is 0.0975 e. The Bertz CT molecular complexity index is 69.8. The average molecular weight is 65.1 g/mol. The van der Waals surface area contributed by atoms with Gasteiger partial charge in [-0.2, -0.15) is 0 Å². The van der Waals surface area contributed by atoms with Crippen molar-refractivity contribution in [3.8, 4) is 11.8 Å². The molecule has 5 heavy (non-hydrogen) atoms. The molecule has 0 saturated carbocycles. The quantitative estimate of drug-likeness (QED) is 0.369. The van der Waals surface area contributed by atoms with Gasteiger partial charge in [-0.05, 0) is 6.08 Å². The van der Waals surface area contributed by atoms with Crippen molar-refractivity contribution in [1.82, 2.24) is 0 Å². The number of hydrogen-bond acceptors (Lipinski definition) is 0. The Labute approximate surface area is 32.5 Å². The van der Waals surface area contributed by atoms with Crippen molar-refractivity contribution in [2.45, 2.75) is 0 Å². The second-order valence-corrected chi connectivity index (χ2v) is 0.525. The fraction of sp³-hybridized carbons (Fsp3) is 0. The van der Waals surface area contributed by atoms with Crippen LogP contribution >= 0.6 is 0 Å². The predicted octanol–water partition coefficient (Wildman–Crippen LogP) is 1.01. The summed E-state index contributed by atoms with van der Waals surface area (Å²) in [4.78, 5) is 0. The molecule has 0 aliphatic carbocycles. The molecular weight excluding hydrogens is 60.1 g/mol. The number of allylic oxidation sites excluding steroid dienone is 1. The van der Waals surface area contributed by atoms with Crippen molar-refractivity contribution in [1.29, 1.82) is 0 Å². The van der Waals surface area contributed by atoms with E-state index in [1.54, 1.807) is 0 Å². The molecule has 0 saturated heterocycles. The van der Waals surface area contributed by atoms with Crippen molar-refractivity contribution < 1.29 is 0 Å². The highest BCUT2D eigenvalue weighted by molar-refractivity contribution is 5.13. The number of rotatable bonds is 0. The van der Waals surface area contributed by atoms with E-state index in [2.05, 4.69) is 25.3 Å². The van der Waals surface area contributed by atoms with Gasteiger partial charge in [0.05, 0.1) is 0 Å². The SMILES string of the molecule is [CH2]C#CC=C. The summed E-state index contributed by atoms with van der Waals surface area (Å²) in [6, 6.07) is 0. The molecule has 1 radical (unpaired) electrons. The highest BCUT2D eigenvalue weighted by atomic mass is 13.4. The van der Waals surface area contributed by atoms with Gasteiger partial charge < -0.3 is 0 Å². The molecule has 0 aromatic carbocycles. The minimum atomic E-state index is 1.51. The van der Waals surface area contributed by atoms with Crippen molar-refractivity contribution in [3.05, 3.63) is 19.6 Å². The molecular formula is C5H5. The Hall–Kier alpha value is -0.700. The molecule has 0 fully saturated rings. The molecule has 0 aliphatic rings. The van der Waals surface area contributed by atoms with Gasteiger partial charge in [0.2, 0.25) is 0 Å². The van der Waals surface area contributed by atoms with Crippen LogP contribution in [0.1, 0.15) is 0 Å². The maximum Gasteiger partial charge on any atom is 0.0202 e. The topological polar surface area (TPSA) is 0 Å². The van der Waals surface area contributed by atoms with Crippen LogP contribution in [-0.4, -0.2) is 0 Å². The van der Waals surface area contributed by atoms with Gasteiger partial charge in [0, 0.05) is 6.92 Å². The zero-order valence-corrected chi connectivity index (χ0v) is 2.99. The van der Waals surface area contributed by atoms with E-state index >= 15 is 0 Å². The lowest BCUT2D eigenvalue weighted by Crippen LogP contribution is -1.35. The zero-order valence-electron chi connectivity index (χ0n) is 2.99. The lowest BCUT2D eigenvalue weighted by Gasteiger charge is -1.47. The lowest BCUT2D eigenvalue weighted by atomic mass is 10.6. The predicted molar refractivity (Wildman–Crippen MR) is 23.3 cm³/mol. The van der Waals surface area contributed by atoms with Gasteiger partial charge in [-0.25, -0.2) is 0 Å². The minimum absolute atomic E-state index is 1.51. The third-order valence-corrected chi connectivity index (χ3v) is 0.204. The van der Waals surface area contributed by atoms with Crippen LogP contribution < -0.4 is 0 Å². The highest BCUT2D eigenvalue weighted by Crippen LogP contribution is 1.49. The van der Waals surface area contributed by atoms with Crippen LogP contribution in [0, 0.1) is 18.8 Å². The summed E-state index contributed by atoms with van der Waals surface area (Å²) < 4.78 is 0. The van der Waals surface area contributed by atoms with Gasteiger partial charge in [-0.15, -0.1) is 0 Å². The second kappa shape index (κ2) is 3.30. The van der Waals surface area contributed by atoms with Gasteiger partial charge >= 0.3 is 0 Å². The van der Waals surface area contributed by atoms with Crippen molar-refractivity contribution in [2.75, 3.05) is 0 Å². The molecule has 0 aliphatic heterocycles. The fourth-order valence-electron chi connectivity index (χ4n) is 0.0722. The summed E-state index contributed by atoms with van der Waals surface area (Å²) >= 11 is 0. The van der Waals surface area contributed by atoms with Crippen LogP contribution in [0.2, 0.25) is 0 Å². The van der Waals surface area contributed by atoms with Gasteiger partial charge in [-0.3, -0.25) is 0 Å². The van der Waals surface area contributed by atoms with E-state index in [9.17, 15) is 0 Å². The van der Waals surface area contributed by atoms with E-state index in [1.807, 2.05) is 0 Å². The lowest BCUT2D eigenvalue weighted by molar-refractivity contribution is 2.24.